The van der Waals surface area contributed by atoms with E-state index >= 15 is 0 Å². The SMILES string of the molecule is COC1CN(c2cc(Nc3nc4ccc(Oc5ccnc(NC(C)=O)c5)cc4n3C)cc(C(F)(F)F)c2)C1. The highest BCUT2D eigenvalue weighted by molar-refractivity contribution is 5.87. The van der Waals surface area contributed by atoms with Crippen molar-refractivity contribution in [2.75, 3.05) is 35.7 Å². The maximum Gasteiger partial charge on any atom is 0.416 e. The number of fused-ring (bicyclic) bond motifs is 1. The Morgan fingerprint density at radius 1 is 1.08 bits per heavy atom. The molecule has 0 spiro atoms. The lowest BCUT2D eigenvalue weighted by atomic mass is 10.1. The Hall–Kier alpha value is -4.32. The van der Waals surface area contributed by atoms with E-state index in [0.717, 1.165) is 12.1 Å². The van der Waals surface area contributed by atoms with Crippen LogP contribution in [0.5, 0.6) is 11.5 Å². The van der Waals surface area contributed by atoms with Gasteiger partial charge in [0.05, 0.1) is 22.7 Å². The Balaban J connectivity index is 1.41. The maximum atomic E-state index is 13.6. The number of pyridine rings is 1. The number of nitrogens with zero attached hydrogens (tertiary/aromatic N) is 4. The molecule has 0 aliphatic carbocycles. The van der Waals surface area contributed by atoms with E-state index in [-0.39, 0.29) is 17.7 Å². The number of rotatable bonds is 7. The van der Waals surface area contributed by atoms with Gasteiger partial charge in [0.15, 0.2) is 0 Å². The average Bonchev–Trinajstić information content (AvgIpc) is 3.12. The first-order valence-corrected chi connectivity index (χ1v) is 11.7. The Kier molecular flexibility index (Phi) is 6.57. The van der Waals surface area contributed by atoms with Gasteiger partial charge in [-0.1, -0.05) is 0 Å². The third kappa shape index (κ3) is 5.35. The van der Waals surface area contributed by atoms with Gasteiger partial charge in [-0.25, -0.2) is 9.97 Å². The summed E-state index contributed by atoms with van der Waals surface area (Å²) in [4.78, 5) is 21.8. The van der Waals surface area contributed by atoms with Gasteiger partial charge < -0.3 is 29.6 Å². The van der Waals surface area contributed by atoms with Crippen molar-refractivity contribution in [1.29, 1.82) is 0 Å². The van der Waals surface area contributed by atoms with Crippen molar-refractivity contribution in [1.82, 2.24) is 14.5 Å². The van der Waals surface area contributed by atoms with Crippen LogP contribution in [0.15, 0.2) is 54.7 Å². The number of nitrogens with one attached hydrogen (secondary N) is 2. The molecule has 0 unspecified atom stereocenters. The van der Waals surface area contributed by atoms with Gasteiger partial charge in [0, 0.05) is 63.9 Å². The average molecular weight is 527 g/mol. The molecule has 0 bridgehead atoms. The van der Waals surface area contributed by atoms with Gasteiger partial charge in [-0.15, -0.1) is 0 Å². The number of carbonyl (C=O) groups is 1. The summed E-state index contributed by atoms with van der Waals surface area (Å²) in [7, 11) is 3.35. The van der Waals surface area contributed by atoms with E-state index in [1.165, 1.54) is 13.1 Å². The number of aryl methyl sites for hydroxylation is 1. The van der Waals surface area contributed by atoms with Gasteiger partial charge in [-0.3, -0.25) is 4.79 Å². The third-order valence-corrected chi connectivity index (χ3v) is 6.17. The van der Waals surface area contributed by atoms with E-state index in [0.29, 0.717) is 53.1 Å². The van der Waals surface area contributed by atoms with Crippen molar-refractivity contribution in [2.45, 2.75) is 19.2 Å². The van der Waals surface area contributed by atoms with Crippen LogP contribution in [0.4, 0.5) is 36.3 Å². The minimum Gasteiger partial charge on any atom is -0.457 e. The third-order valence-electron chi connectivity index (χ3n) is 6.17. The molecule has 5 rings (SSSR count). The minimum absolute atomic E-state index is 0.00124. The van der Waals surface area contributed by atoms with E-state index < -0.39 is 11.7 Å². The molecule has 9 nitrogen and oxygen atoms in total. The van der Waals surface area contributed by atoms with Crippen molar-refractivity contribution < 1.29 is 27.4 Å². The fraction of sp³-hybridized carbons (Fsp3) is 0.269. The van der Waals surface area contributed by atoms with E-state index in [1.54, 1.807) is 55.1 Å². The van der Waals surface area contributed by atoms with Gasteiger partial charge in [0.2, 0.25) is 11.9 Å². The van der Waals surface area contributed by atoms with E-state index in [4.69, 9.17) is 9.47 Å². The number of halogens is 3. The molecule has 1 fully saturated rings. The summed E-state index contributed by atoms with van der Waals surface area (Å²) in [6.07, 6.45) is -2.98. The van der Waals surface area contributed by atoms with E-state index in [9.17, 15) is 18.0 Å². The summed E-state index contributed by atoms with van der Waals surface area (Å²) in [6.45, 7) is 2.44. The molecule has 0 radical (unpaired) electrons. The predicted molar refractivity (Wildman–Crippen MR) is 137 cm³/mol. The zero-order valence-corrected chi connectivity index (χ0v) is 20.8. The molecule has 198 valence electrons. The fourth-order valence-corrected chi connectivity index (χ4v) is 4.16. The normalized spacial score (nSPS) is 13.9. The highest BCUT2D eigenvalue weighted by Crippen LogP contribution is 2.37. The summed E-state index contributed by atoms with van der Waals surface area (Å²) < 4.78 is 53.8. The molecular weight excluding hydrogens is 501 g/mol. The van der Waals surface area contributed by atoms with Crippen LogP contribution in [0.2, 0.25) is 0 Å². The number of methoxy groups -OCH3 is 1. The van der Waals surface area contributed by atoms with Crippen LogP contribution in [0.1, 0.15) is 12.5 Å². The van der Waals surface area contributed by atoms with Gasteiger partial charge in [-0.2, -0.15) is 13.2 Å². The van der Waals surface area contributed by atoms with Crippen LogP contribution >= 0.6 is 0 Å². The van der Waals surface area contributed by atoms with Crippen LogP contribution in [0, 0.1) is 0 Å². The zero-order valence-electron chi connectivity index (χ0n) is 20.8. The van der Waals surface area contributed by atoms with Crippen LogP contribution in [-0.2, 0) is 22.8 Å². The molecule has 1 aliphatic rings. The predicted octanol–water partition coefficient (Wildman–Crippen LogP) is 5.32. The molecule has 4 aromatic rings. The van der Waals surface area contributed by atoms with Crippen molar-refractivity contribution in [3.63, 3.8) is 0 Å². The lowest BCUT2D eigenvalue weighted by Crippen LogP contribution is -2.51. The van der Waals surface area contributed by atoms with Crippen LogP contribution in [0.25, 0.3) is 11.0 Å². The summed E-state index contributed by atoms with van der Waals surface area (Å²) in [6, 6.07) is 12.4. The monoisotopic (exact) mass is 526 g/mol. The second-order valence-corrected chi connectivity index (χ2v) is 8.96. The highest BCUT2D eigenvalue weighted by atomic mass is 19.4. The largest absolute Gasteiger partial charge is 0.457 e. The number of hydrogen-bond acceptors (Lipinski definition) is 7. The maximum absolute atomic E-state index is 13.6. The smallest absolute Gasteiger partial charge is 0.416 e. The molecule has 1 amide bonds. The number of anilines is 4. The Labute approximate surface area is 216 Å². The van der Waals surface area contributed by atoms with Crippen molar-refractivity contribution in [3.8, 4) is 11.5 Å². The fourth-order valence-electron chi connectivity index (χ4n) is 4.16. The molecule has 1 aliphatic heterocycles. The molecule has 38 heavy (non-hydrogen) atoms. The molecular formula is C26H25F3N6O3. The number of amides is 1. The quantitative estimate of drug-likeness (QED) is 0.337. The van der Waals surface area contributed by atoms with Crippen LogP contribution in [0.3, 0.4) is 0 Å². The first-order valence-electron chi connectivity index (χ1n) is 11.7. The van der Waals surface area contributed by atoms with Crippen molar-refractivity contribution >= 4 is 40.1 Å². The second-order valence-electron chi connectivity index (χ2n) is 8.96. The van der Waals surface area contributed by atoms with Gasteiger partial charge >= 0.3 is 6.18 Å². The molecule has 2 aromatic carbocycles. The lowest BCUT2D eigenvalue weighted by molar-refractivity contribution is -0.137. The number of benzene rings is 2. The molecule has 12 heteroatoms. The Morgan fingerprint density at radius 2 is 1.84 bits per heavy atom. The summed E-state index contributed by atoms with van der Waals surface area (Å²) >= 11 is 0. The molecule has 3 heterocycles. The molecule has 2 aromatic heterocycles. The zero-order chi connectivity index (χ0) is 27.0. The summed E-state index contributed by atoms with van der Waals surface area (Å²) in [5.74, 6) is 1.47. The molecule has 2 N–H and O–H groups in total. The Bertz CT molecular complexity index is 1500. The number of ether oxygens (including phenoxy) is 2. The number of alkyl halides is 3. The lowest BCUT2D eigenvalue weighted by Gasteiger charge is -2.40. The van der Waals surface area contributed by atoms with E-state index in [2.05, 4.69) is 20.6 Å². The number of aromatic nitrogens is 3. The first-order chi connectivity index (χ1) is 18.1. The van der Waals surface area contributed by atoms with Crippen molar-refractivity contribution in [2.24, 2.45) is 7.05 Å². The second kappa shape index (κ2) is 9.86. The minimum atomic E-state index is -4.50. The van der Waals surface area contributed by atoms with E-state index in [1.807, 2.05) is 4.90 Å². The first kappa shape index (κ1) is 25.3. The molecule has 0 saturated carbocycles. The van der Waals surface area contributed by atoms with Crippen LogP contribution < -0.4 is 20.3 Å². The van der Waals surface area contributed by atoms with Gasteiger partial charge in [0.1, 0.15) is 17.3 Å². The molecule has 0 atom stereocenters. The standard InChI is InChI=1S/C26H25F3N6O3/c1-15(36)31-24-12-20(6-7-30-24)38-19-4-5-22-23(11-19)34(2)25(33-22)32-17-8-16(26(27,28)29)9-18(10-17)35-13-21(14-35)37-3/h4-12,21H,13-14H2,1-3H3,(H,32,33)(H,30,31,36). The number of imidazole rings is 1. The summed E-state index contributed by atoms with van der Waals surface area (Å²) in [5, 5.41) is 5.64. The van der Waals surface area contributed by atoms with Crippen molar-refractivity contribution in [3.05, 3.63) is 60.3 Å². The Morgan fingerprint density at radius 3 is 2.55 bits per heavy atom. The molecule has 1 saturated heterocycles. The van der Waals surface area contributed by atoms with Crippen LogP contribution in [-0.4, -0.2) is 46.7 Å². The number of hydrogen-bond donors (Lipinski definition) is 2. The topological polar surface area (TPSA) is 93.5 Å². The highest BCUT2D eigenvalue weighted by Gasteiger charge is 2.34. The van der Waals surface area contributed by atoms with Gasteiger partial charge in [-0.05, 0) is 36.4 Å². The van der Waals surface area contributed by atoms with Gasteiger partial charge in [0.25, 0.3) is 0 Å². The summed E-state index contributed by atoms with van der Waals surface area (Å²) in [5.41, 5.74) is 1.32. The number of carbonyl (C=O) groups excluding carboxylic acids is 1.